The molecule has 1 aromatic carbocycles. The van der Waals surface area contributed by atoms with Gasteiger partial charge in [-0.05, 0) is 26.3 Å². The van der Waals surface area contributed by atoms with Crippen molar-refractivity contribution in [3.8, 4) is 0 Å². The maximum absolute atomic E-state index is 11.7. The fourth-order valence-corrected chi connectivity index (χ4v) is 1.59. The lowest BCUT2D eigenvalue weighted by atomic mass is 10.0. The molecule has 0 radical (unpaired) electrons. The highest BCUT2D eigenvalue weighted by molar-refractivity contribution is 5.81. The van der Waals surface area contributed by atoms with Crippen molar-refractivity contribution in [1.82, 2.24) is 0 Å². The molecule has 0 saturated carbocycles. The first-order valence-corrected chi connectivity index (χ1v) is 6.46. The van der Waals surface area contributed by atoms with Gasteiger partial charge >= 0.3 is 11.9 Å². The lowest BCUT2D eigenvalue weighted by molar-refractivity contribution is -0.158. The van der Waals surface area contributed by atoms with Gasteiger partial charge in [-0.1, -0.05) is 42.5 Å². The van der Waals surface area contributed by atoms with Crippen LogP contribution in [-0.4, -0.2) is 22.6 Å². The van der Waals surface area contributed by atoms with E-state index in [1.807, 2.05) is 30.3 Å². The third-order valence-electron chi connectivity index (χ3n) is 2.44. The van der Waals surface area contributed by atoms with Crippen LogP contribution in [0.5, 0.6) is 0 Å². The standard InChI is InChI=1S/C16H20O4/c1-16(2,3)20-14(17)11-13(15(18)19)10-9-12-7-5-4-6-8-12/h4-10,13H,11H2,1-3H3,(H,18,19). The molecule has 0 amide bonds. The molecule has 0 aliphatic heterocycles. The van der Waals surface area contributed by atoms with Crippen molar-refractivity contribution in [3.05, 3.63) is 42.0 Å². The third kappa shape index (κ3) is 6.18. The van der Waals surface area contributed by atoms with Gasteiger partial charge < -0.3 is 9.84 Å². The van der Waals surface area contributed by atoms with Crippen molar-refractivity contribution in [2.45, 2.75) is 32.8 Å². The van der Waals surface area contributed by atoms with Gasteiger partial charge in [-0.2, -0.15) is 0 Å². The van der Waals surface area contributed by atoms with Crippen molar-refractivity contribution in [2.24, 2.45) is 5.92 Å². The Labute approximate surface area is 119 Å². The van der Waals surface area contributed by atoms with Crippen LogP contribution < -0.4 is 0 Å². The lowest BCUT2D eigenvalue weighted by Crippen LogP contribution is -2.26. The Morgan fingerprint density at radius 3 is 2.35 bits per heavy atom. The summed E-state index contributed by atoms with van der Waals surface area (Å²) >= 11 is 0. The molecule has 0 aliphatic carbocycles. The van der Waals surface area contributed by atoms with Gasteiger partial charge in [-0.25, -0.2) is 0 Å². The minimum atomic E-state index is -1.04. The third-order valence-corrected chi connectivity index (χ3v) is 2.44. The average Bonchev–Trinajstić information content (AvgIpc) is 2.33. The molecule has 0 bridgehead atoms. The van der Waals surface area contributed by atoms with Crippen LogP contribution in [0.15, 0.2) is 36.4 Å². The van der Waals surface area contributed by atoms with Crippen LogP contribution in [0.25, 0.3) is 6.08 Å². The van der Waals surface area contributed by atoms with Gasteiger partial charge in [0, 0.05) is 0 Å². The maximum Gasteiger partial charge on any atom is 0.310 e. The summed E-state index contributed by atoms with van der Waals surface area (Å²) in [7, 11) is 0. The summed E-state index contributed by atoms with van der Waals surface area (Å²) in [6, 6.07) is 9.34. The number of hydrogen-bond acceptors (Lipinski definition) is 3. The number of ether oxygens (including phenoxy) is 1. The van der Waals surface area contributed by atoms with Crippen LogP contribution in [0.3, 0.4) is 0 Å². The van der Waals surface area contributed by atoms with Crippen molar-refractivity contribution in [1.29, 1.82) is 0 Å². The predicted molar refractivity (Wildman–Crippen MR) is 77.1 cm³/mol. The van der Waals surface area contributed by atoms with E-state index >= 15 is 0 Å². The van der Waals surface area contributed by atoms with Crippen molar-refractivity contribution in [2.75, 3.05) is 0 Å². The van der Waals surface area contributed by atoms with Crippen molar-refractivity contribution < 1.29 is 19.4 Å². The number of carboxylic acid groups (broad SMARTS) is 1. The molecule has 108 valence electrons. The summed E-state index contributed by atoms with van der Waals surface area (Å²) in [5, 5.41) is 9.14. The highest BCUT2D eigenvalue weighted by atomic mass is 16.6. The zero-order chi connectivity index (χ0) is 15.2. The van der Waals surface area contributed by atoms with Crippen molar-refractivity contribution in [3.63, 3.8) is 0 Å². The highest BCUT2D eigenvalue weighted by Crippen LogP contribution is 2.14. The number of carbonyl (C=O) groups is 2. The van der Waals surface area contributed by atoms with E-state index in [-0.39, 0.29) is 6.42 Å². The van der Waals surface area contributed by atoms with E-state index in [0.717, 1.165) is 5.56 Å². The summed E-state index contributed by atoms with van der Waals surface area (Å²) in [5.41, 5.74) is 0.284. The first-order chi connectivity index (χ1) is 9.28. The Balaban J connectivity index is 2.69. The normalized spacial score (nSPS) is 13.2. The van der Waals surface area contributed by atoms with Gasteiger partial charge in [0.15, 0.2) is 0 Å². The number of carboxylic acids is 1. The predicted octanol–water partition coefficient (Wildman–Crippen LogP) is 3.13. The van der Waals surface area contributed by atoms with E-state index in [2.05, 4.69) is 0 Å². The monoisotopic (exact) mass is 276 g/mol. The first kappa shape index (κ1) is 16.0. The minimum Gasteiger partial charge on any atom is -0.481 e. The van der Waals surface area contributed by atoms with Gasteiger partial charge in [0.25, 0.3) is 0 Å². The minimum absolute atomic E-state index is 0.171. The molecule has 0 aliphatic rings. The summed E-state index contributed by atoms with van der Waals surface area (Å²) in [4.78, 5) is 22.8. The lowest BCUT2D eigenvalue weighted by Gasteiger charge is -2.20. The summed E-state index contributed by atoms with van der Waals surface area (Å²) in [5.74, 6) is -2.43. The van der Waals surface area contributed by atoms with E-state index in [4.69, 9.17) is 9.84 Å². The Morgan fingerprint density at radius 1 is 1.25 bits per heavy atom. The van der Waals surface area contributed by atoms with Gasteiger partial charge in [-0.15, -0.1) is 0 Å². The van der Waals surface area contributed by atoms with Gasteiger partial charge in [0.1, 0.15) is 5.60 Å². The number of rotatable bonds is 5. The van der Waals surface area contributed by atoms with E-state index in [1.165, 1.54) is 6.08 Å². The Bertz CT molecular complexity index is 483. The van der Waals surface area contributed by atoms with E-state index in [1.54, 1.807) is 26.8 Å². The summed E-state index contributed by atoms with van der Waals surface area (Å²) < 4.78 is 5.13. The molecule has 0 heterocycles. The van der Waals surface area contributed by atoms with Crippen LogP contribution in [-0.2, 0) is 14.3 Å². The molecule has 1 atom stereocenters. The van der Waals surface area contributed by atoms with Crippen LogP contribution >= 0.6 is 0 Å². The molecule has 4 nitrogen and oxygen atoms in total. The van der Waals surface area contributed by atoms with E-state index in [9.17, 15) is 9.59 Å². The molecule has 0 aromatic heterocycles. The fraction of sp³-hybridized carbons (Fsp3) is 0.375. The zero-order valence-corrected chi connectivity index (χ0v) is 12.0. The molecule has 1 unspecified atom stereocenters. The second-order valence-corrected chi connectivity index (χ2v) is 5.51. The summed E-state index contributed by atoms with van der Waals surface area (Å²) in [6.07, 6.45) is 3.04. The van der Waals surface area contributed by atoms with Gasteiger partial charge in [0.2, 0.25) is 0 Å². The van der Waals surface area contributed by atoms with Crippen LogP contribution in [0, 0.1) is 5.92 Å². The Kier molecular flexibility index (Phi) is 5.50. The molecular weight excluding hydrogens is 256 g/mol. The molecule has 20 heavy (non-hydrogen) atoms. The van der Waals surface area contributed by atoms with Crippen LogP contribution in [0.1, 0.15) is 32.8 Å². The number of hydrogen-bond donors (Lipinski definition) is 1. The zero-order valence-electron chi connectivity index (χ0n) is 12.0. The molecule has 0 spiro atoms. The molecule has 4 heteroatoms. The largest absolute Gasteiger partial charge is 0.481 e. The summed E-state index contributed by atoms with van der Waals surface area (Å²) in [6.45, 7) is 5.25. The number of esters is 1. The molecular formula is C16H20O4. The van der Waals surface area contributed by atoms with E-state index < -0.39 is 23.5 Å². The maximum atomic E-state index is 11.7. The molecule has 0 saturated heterocycles. The first-order valence-electron chi connectivity index (χ1n) is 6.46. The Hall–Kier alpha value is -2.10. The average molecular weight is 276 g/mol. The second-order valence-electron chi connectivity index (χ2n) is 5.51. The smallest absolute Gasteiger partial charge is 0.310 e. The second kappa shape index (κ2) is 6.89. The van der Waals surface area contributed by atoms with Crippen LogP contribution in [0.2, 0.25) is 0 Å². The SMILES string of the molecule is CC(C)(C)OC(=O)CC(C=Cc1ccccc1)C(=O)O. The van der Waals surface area contributed by atoms with Gasteiger partial charge in [-0.3, -0.25) is 9.59 Å². The fourth-order valence-electron chi connectivity index (χ4n) is 1.59. The van der Waals surface area contributed by atoms with Crippen molar-refractivity contribution >= 4 is 18.0 Å². The number of benzene rings is 1. The number of carbonyl (C=O) groups excluding carboxylic acids is 1. The molecule has 1 N–H and O–H groups in total. The van der Waals surface area contributed by atoms with Crippen LogP contribution in [0.4, 0.5) is 0 Å². The van der Waals surface area contributed by atoms with Gasteiger partial charge in [0.05, 0.1) is 12.3 Å². The quantitative estimate of drug-likeness (QED) is 0.839. The van der Waals surface area contributed by atoms with E-state index in [0.29, 0.717) is 0 Å². The Morgan fingerprint density at radius 2 is 1.85 bits per heavy atom. The molecule has 1 rings (SSSR count). The number of aliphatic carboxylic acids is 1. The molecule has 0 fully saturated rings. The highest BCUT2D eigenvalue weighted by Gasteiger charge is 2.23. The topological polar surface area (TPSA) is 63.6 Å². The molecule has 1 aromatic rings.